The molecule has 1 aliphatic heterocycles. The number of aromatic nitrogens is 3. The van der Waals surface area contributed by atoms with Gasteiger partial charge in [0.2, 0.25) is 17.1 Å². The van der Waals surface area contributed by atoms with Gasteiger partial charge in [-0.2, -0.15) is 4.98 Å². The van der Waals surface area contributed by atoms with E-state index in [0.717, 1.165) is 36.3 Å². The molecule has 5 heteroatoms. The molecule has 140 valence electrons. The topological polar surface area (TPSA) is 55.1 Å². The number of hydrogen-bond acceptors (Lipinski definition) is 5. The number of piperidine rings is 1. The lowest BCUT2D eigenvalue weighted by atomic mass is 10.0. The second-order valence-corrected chi connectivity index (χ2v) is 7.31. The SMILES string of the molecule is CC1CCCCN1c1nc(-c2ccccc2)nc2nc(-c3ccccc3)oc12. The number of nitrogens with zero attached hydrogens (tertiary/aromatic N) is 4. The standard InChI is InChI=1S/C23H22N4O/c1-16-10-8-9-15-27(16)22-19-21(24-20(25-22)17-11-4-2-5-12-17)26-23(28-19)18-13-6-3-7-14-18/h2-7,11-14,16H,8-10,15H2,1H3. The minimum absolute atomic E-state index is 0.417. The van der Waals surface area contributed by atoms with Crippen molar-refractivity contribution in [3.05, 3.63) is 60.7 Å². The van der Waals surface area contributed by atoms with Gasteiger partial charge in [0, 0.05) is 23.7 Å². The van der Waals surface area contributed by atoms with Gasteiger partial charge in [0.15, 0.2) is 11.6 Å². The summed E-state index contributed by atoms with van der Waals surface area (Å²) in [5.74, 6) is 2.13. The van der Waals surface area contributed by atoms with Crippen LogP contribution < -0.4 is 4.90 Å². The molecule has 0 amide bonds. The van der Waals surface area contributed by atoms with Crippen LogP contribution in [0.5, 0.6) is 0 Å². The van der Waals surface area contributed by atoms with Gasteiger partial charge in [0.05, 0.1) is 0 Å². The Morgan fingerprint density at radius 2 is 1.57 bits per heavy atom. The van der Waals surface area contributed by atoms with E-state index >= 15 is 0 Å². The molecule has 0 spiro atoms. The molecule has 0 bridgehead atoms. The number of hydrogen-bond donors (Lipinski definition) is 0. The molecule has 1 unspecified atom stereocenters. The first-order valence-corrected chi connectivity index (χ1v) is 9.85. The zero-order valence-electron chi connectivity index (χ0n) is 15.9. The van der Waals surface area contributed by atoms with Crippen LogP contribution in [0.15, 0.2) is 65.1 Å². The summed E-state index contributed by atoms with van der Waals surface area (Å²) in [6.45, 7) is 3.23. The van der Waals surface area contributed by atoms with Gasteiger partial charge < -0.3 is 9.32 Å². The van der Waals surface area contributed by atoms with Crippen molar-refractivity contribution in [2.75, 3.05) is 11.4 Å². The zero-order chi connectivity index (χ0) is 18.9. The van der Waals surface area contributed by atoms with Crippen LogP contribution in [0.4, 0.5) is 5.82 Å². The van der Waals surface area contributed by atoms with E-state index in [9.17, 15) is 0 Å². The van der Waals surface area contributed by atoms with Crippen molar-refractivity contribution in [3.8, 4) is 22.8 Å². The Labute approximate surface area is 164 Å². The average Bonchev–Trinajstić information content (AvgIpc) is 3.19. The first-order valence-electron chi connectivity index (χ1n) is 9.85. The van der Waals surface area contributed by atoms with E-state index in [2.05, 4.69) is 11.8 Å². The summed E-state index contributed by atoms with van der Waals surface area (Å²) < 4.78 is 6.20. The highest BCUT2D eigenvalue weighted by Crippen LogP contribution is 2.34. The largest absolute Gasteiger partial charge is 0.430 e. The minimum Gasteiger partial charge on any atom is -0.430 e. The van der Waals surface area contributed by atoms with Crippen LogP contribution in [0.1, 0.15) is 26.2 Å². The molecule has 4 aromatic rings. The fraction of sp³-hybridized carbons (Fsp3) is 0.261. The van der Waals surface area contributed by atoms with Crippen LogP contribution in [0.25, 0.3) is 34.1 Å². The molecule has 2 aromatic carbocycles. The van der Waals surface area contributed by atoms with E-state index < -0.39 is 0 Å². The zero-order valence-corrected chi connectivity index (χ0v) is 15.9. The third kappa shape index (κ3) is 3.03. The quantitative estimate of drug-likeness (QED) is 0.488. The normalized spacial score (nSPS) is 17.2. The number of oxazole rings is 1. The van der Waals surface area contributed by atoms with Crippen molar-refractivity contribution < 1.29 is 4.42 Å². The summed E-state index contributed by atoms with van der Waals surface area (Å²) >= 11 is 0. The summed E-state index contributed by atoms with van der Waals surface area (Å²) in [5, 5.41) is 0. The number of benzene rings is 2. The van der Waals surface area contributed by atoms with Crippen LogP contribution in [0.2, 0.25) is 0 Å². The molecule has 5 nitrogen and oxygen atoms in total. The predicted molar refractivity (Wildman–Crippen MR) is 111 cm³/mol. The molecule has 0 N–H and O–H groups in total. The fourth-order valence-electron chi connectivity index (χ4n) is 3.84. The van der Waals surface area contributed by atoms with Crippen LogP contribution >= 0.6 is 0 Å². The molecule has 1 aliphatic rings. The summed E-state index contributed by atoms with van der Waals surface area (Å²) in [6.07, 6.45) is 3.57. The van der Waals surface area contributed by atoms with E-state index in [-0.39, 0.29) is 0 Å². The van der Waals surface area contributed by atoms with Crippen molar-refractivity contribution in [2.24, 2.45) is 0 Å². The minimum atomic E-state index is 0.417. The Morgan fingerprint density at radius 1 is 0.857 bits per heavy atom. The third-order valence-corrected chi connectivity index (χ3v) is 5.36. The second-order valence-electron chi connectivity index (χ2n) is 7.31. The lowest BCUT2D eigenvalue weighted by Gasteiger charge is -2.34. The van der Waals surface area contributed by atoms with Crippen LogP contribution in [-0.2, 0) is 0 Å². The maximum atomic E-state index is 6.20. The smallest absolute Gasteiger partial charge is 0.229 e. The molecular weight excluding hydrogens is 348 g/mol. The van der Waals surface area contributed by atoms with Gasteiger partial charge in [0.25, 0.3) is 0 Å². The molecule has 0 radical (unpaired) electrons. The van der Waals surface area contributed by atoms with Crippen molar-refractivity contribution >= 4 is 17.0 Å². The van der Waals surface area contributed by atoms with E-state index in [4.69, 9.17) is 19.4 Å². The monoisotopic (exact) mass is 370 g/mol. The first kappa shape index (κ1) is 16.9. The summed E-state index contributed by atoms with van der Waals surface area (Å²) in [4.78, 5) is 16.7. The third-order valence-electron chi connectivity index (χ3n) is 5.36. The molecule has 0 aliphatic carbocycles. The van der Waals surface area contributed by atoms with Gasteiger partial charge in [-0.05, 0) is 38.3 Å². The first-order chi connectivity index (χ1) is 13.8. The lowest BCUT2D eigenvalue weighted by Crippen LogP contribution is -2.38. The lowest BCUT2D eigenvalue weighted by molar-refractivity contribution is 0.479. The molecular formula is C23H22N4O. The second kappa shape index (κ2) is 7.08. The van der Waals surface area contributed by atoms with Crippen LogP contribution in [-0.4, -0.2) is 27.5 Å². The Balaban J connectivity index is 1.71. The molecule has 5 rings (SSSR count). The summed E-state index contributed by atoms with van der Waals surface area (Å²) in [7, 11) is 0. The van der Waals surface area contributed by atoms with Gasteiger partial charge in [0.1, 0.15) is 0 Å². The van der Waals surface area contributed by atoms with Crippen molar-refractivity contribution in [2.45, 2.75) is 32.2 Å². The highest BCUT2D eigenvalue weighted by molar-refractivity contribution is 5.85. The number of anilines is 1. The molecule has 1 saturated heterocycles. The Kier molecular flexibility index (Phi) is 4.28. The van der Waals surface area contributed by atoms with Crippen LogP contribution in [0.3, 0.4) is 0 Å². The molecule has 28 heavy (non-hydrogen) atoms. The van der Waals surface area contributed by atoms with Gasteiger partial charge in [-0.1, -0.05) is 48.5 Å². The van der Waals surface area contributed by atoms with Gasteiger partial charge in [-0.25, -0.2) is 9.97 Å². The van der Waals surface area contributed by atoms with E-state index in [1.54, 1.807) is 0 Å². The average molecular weight is 370 g/mol. The predicted octanol–water partition coefficient (Wildman–Crippen LogP) is 5.33. The summed E-state index contributed by atoms with van der Waals surface area (Å²) in [6, 6.07) is 20.4. The van der Waals surface area contributed by atoms with Crippen molar-refractivity contribution in [1.29, 1.82) is 0 Å². The Morgan fingerprint density at radius 3 is 2.29 bits per heavy atom. The van der Waals surface area contributed by atoms with E-state index in [1.165, 1.54) is 6.42 Å². The maximum absolute atomic E-state index is 6.20. The van der Waals surface area contributed by atoms with Crippen molar-refractivity contribution in [3.63, 3.8) is 0 Å². The highest BCUT2D eigenvalue weighted by Gasteiger charge is 2.26. The highest BCUT2D eigenvalue weighted by atomic mass is 16.4. The molecule has 0 saturated carbocycles. The van der Waals surface area contributed by atoms with E-state index in [1.807, 2.05) is 60.7 Å². The van der Waals surface area contributed by atoms with Crippen molar-refractivity contribution in [1.82, 2.24) is 15.0 Å². The number of rotatable bonds is 3. The maximum Gasteiger partial charge on any atom is 0.229 e. The van der Waals surface area contributed by atoms with Gasteiger partial charge in [-0.3, -0.25) is 0 Å². The van der Waals surface area contributed by atoms with Gasteiger partial charge >= 0.3 is 0 Å². The summed E-state index contributed by atoms with van der Waals surface area (Å²) in [5.41, 5.74) is 3.21. The molecule has 2 aromatic heterocycles. The Bertz CT molecular complexity index is 1090. The van der Waals surface area contributed by atoms with Gasteiger partial charge in [-0.15, -0.1) is 0 Å². The number of fused-ring (bicyclic) bond motifs is 1. The molecule has 1 fully saturated rings. The fourth-order valence-corrected chi connectivity index (χ4v) is 3.84. The Hall–Kier alpha value is -3.21. The molecule has 3 heterocycles. The van der Waals surface area contributed by atoms with Crippen LogP contribution in [0, 0.1) is 0 Å². The molecule has 1 atom stereocenters. The van der Waals surface area contributed by atoms with E-state index in [0.29, 0.717) is 29.0 Å².